The predicted octanol–water partition coefficient (Wildman–Crippen LogP) is 5.60. The molecule has 0 unspecified atom stereocenters. The lowest BCUT2D eigenvalue weighted by molar-refractivity contribution is -0.384. The number of thiocarbonyl (C=S) groups is 1. The van der Waals surface area contributed by atoms with Gasteiger partial charge < -0.3 is 29.0 Å². The van der Waals surface area contributed by atoms with Crippen LogP contribution in [0.2, 0.25) is 0 Å². The number of rotatable bonds is 8. The van der Waals surface area contributed by atoms with E-state index in [-0.39, 0.29) is 17.8 Å². The summed E-state index contributed by atoms with van der Waals surface area (Å²) in [5.41, 5.74) is 4.56. The van der Waals surface area contributed by atoms with Crippen LogP contribution in [0.5, 0.6) is 17.2 Å². The fraction of sp³-hybridized carbons (Fsp3) is 0.241. The van der Waals surface area contributed by atoms with Crippen molar-refractivity contribution in [3.63, 3.8) is 0 Å². The van der Waals surface area contributed by atoms with Crippen LogP contribution in [0.25, 0.3) is 5.69 Å². The molecule has 2 aromatic carbocycles. The number of nitrogens with zero attached hydrogens (tertiary/aromatic N) is 4. The summed E-state index contributed by atoms with van der Waals surface area (Å²) in [6, 6.07) is 17.6. The summed E-state index contributed by atoms with van der Waals surface area (Å²) < 4.78 is 18.3. The van der Waals surface area contributed by atoms with E-state index in [1.165, 1.54) is 13.2 Å². The first kappa shape index (κ1) is 26.9. The Hall–Kier alpha value is -4.64. The van der Waals surface area contributed by atoms with Crippen LogP contribution < -0.4 is 24.4 Å². The highest BCUT2D eigenvalue weighted by Gasteiger charge is 2.43. The molecule has 1 aliphatic rings. The number of aromatic nitrogens is 2. The number of pyridine rings is 1. The summed E-state index contributed by atoms with van der Waals surface area (Å²) in [4.78, 5) is 18.3. The zero-order valence-corrected chi connectivity index (χ0v) is 23.6. The second kappa shape index (κ2) is 10.9. The lowest BCUT2D eigenvalue weighted by atomic mass is 9.96. The van der Waals surface area contributed by atoms with Crippen molar-refractivity contribution >= 4 is 28.7 Å². The fourth-order valence-corrected chi connectivity index (χ4v) is 5.68. The van der Waals surface area contributed by atoms with Gasteiger partial charge in [-0.25, -0.2) is 0 Å². The van der Waals surface area contributed by atoms with Gasteiger partial charge in [-0.1, -0.05) is 6.07 Å². The molecule has 206 valence electrons. The van der Waals surface area contributed by atoms with Crippen LogP contribution >= 0.6 is 12.2 Å². The standard InChI is InChI=1S/C29H29N5O5S/c1-17-14-21(18(2)32(17)23-11-9-19(37-3)15-25(23)34(35)36)28-27(22-8-6-7-13-30-22)31-29(40)33(28)24-12-10-20(38-4)16-26(24)39-5/h6-16,27-28H,1-5H3,(H,31,40)/t27-,28+/m1/s1. The smallest absolute Gasteiger partial charge is 0.296 e. The molecule has 2 aromatic heterocycles. The van der Waals surface area contributed by atoms with E-state index in [0.717, 1.165) is 28.3 Å². The number of ether oxygens (including phenoxy) is 3. The molecule has 0 amide bonds. The largest absolute Gasteiger partial charge is 0.497 e. The maximum Gasteiger partial charge on any atom is 0.296 e. The van der Waals surface area contributed by atoms with Crippen molar-refractivity contribution < 1.29 is 19.1 Å². The maximum absolute atomic E-state index is 12.1. The topological polar surface area (TPSA) is 104 Å². The molecule has 2 atom stereocenters. The summed E-state index contributed by atoms with van der Waals surface area (Å²) in [7, 11) is 4.69. The highest BCUT2D eigenvalue weighted by Crippen LogP contribution is 2.47. The van der Waals surface area contributed by atoms with E-state index >= 15 is 0 Å². The molecule has 1 saturated heterocycles. The van der Waals surface area contributed by atoms with Gasteiger partial charge in [0.15, 0.2) is 5.11 Å². The first-order valence-corrected chi connectivity index (χ1v) is 12.9. The monoisotopic (exact) mass is 559 g/mol. The zero-order valence-electron chi connectivity index (χ0n) is 22.7. The van der Waals surface area contributed by atoms with Crippen molar-refractivity contribution in [3.05, 3.63) is 99.6 Å². The first-order valence-electron chi connectivity index (χ1n) is 12.5. The van der Waals surface area contributed by atoms with E-state index in [0.29, 0.717) is 28.0 Å². The minimum absolute atomic E-state index is 0.0530. The van der Waals surface area contributed by atoms with Crippen molar-refractivity contribution in [2.45, 2.75) is 25.9 Å². The van der Waals surface area contributed by atoms with E-state index < -0.39 is 4.92 Å². The van der Waals surface area contributed by atoms with Crippen molar-refractivity contribution in [2.75, 3.05) is 26.2 Å². The van der Waals surface area contributed by atoms with Crippen LogP contribution in [0.4, 0.5) is 11.4 Å². The number of nitrogens with one attached hydrogen (secondary N) is 1. The molecule has 1 aliphatic heterocycles. The Kier molecular flexibility index (Phi) is 7.31. The highest BCUT2D eigenvalue weighted by molar-refractivity contribution is 7.80. The Bertz CT molecular complexity index is 1590. The number of hydrogen-bond acceptors (Lipinski definition) is 7. The van der Waals surface area contributed by atoms with Gasteiger partial charge in [-0.05, 0) is 74.1 Å². The molecule has 1 N–H and O–H groups in total. The molecule has 0 saturated carbocycles. The number of nitro groups is 1. The van der Waals surface area contributed by atoms with Gasteiger partial charge >= 0.3 is 0 Å². The van der Waals surface area contributed by atoms with Crippen molar-refractivity contribution in [2.24, 2.45) is 0 Å². The van der Waals surface area contributed by atoms with Crippen LogP contribution in [-0.4, -0.2) is 40.9 Å². The Morgan fingerprint density at radius 1 is 0.950 bits per heavy atom. The molecule has 3 heterocycles. The number of aryl methyl sites for hydroxylation is 1. The summed E-state index contributed by atoms with van der Waals surface area (Å²) in [5, 5.41) is 16.0. The van der Waals surface area contributed by atoms with Crippen LogP contribution in [0.1, 0.15) is 34.7 Å². The van der Waals surface area contributed by atoms with Gasteiger partial charge in [-0.15, -0.1) is 0 Å². The number of benzene rings is 2. The minimum atomic E-state index is -0.395. The second-order valence-electron chi connectivity index (χ2n) is 9.31. The van der Waals surface area contributed by atoms with E-state index in [2.05, 4.69) is 10.3 Å². The molecule has 1 fully saturated rings. The minimum Gasteiger partial charge on any atom is -0.497 e. The van der Waals surface area contributed by atoms with Gasteiger partial charge in [-0.3, -0.25) is 15.1 Å². The van der Waals surface area contributed by atoms with Gasteiger partial charge in [0, 0.05) is 23.7 Å². The molecule has 11 heteroatoms. The average Bonchev–Trinajstić information content (AvgIpc) is 3.46. The fourth-order valence-electron chi connectivity index (χ4n) is 5.34. The third kappa shape index (κ3) is 4.58. The van der Waals surface area contributed by atoms with Crippen LogP contribution in [0.3, 0.4) is 0 Å². The van der Waals surface area contributed by atoms with Crippen molar-refractivity contribution in [3.8, 4) is 22.9 Å². The number of methoxy groups -OCH3 is 3. The van der Waals surface area contributed by atoms with Gasteiger partial charge in [0.05, 0.1) is 55.8 Å². The molecule has 4 aromatic rings. The van der Waals surface area contributed by atoms with Crippen LogP contribution in [0, 0.1) is 24.0 Å². The summed E-state index contributed by atoms with van der Waals surface area (Å²) in [6.45, 7) is 3.88. The van der Waals surface area contributed by atoms with Crippen molar-refractivity contribution in [1.82, 2.24) is 14.9 Å². The number of nitro benzene ring substituents is 1. The Morgan fingerprint density at radius 2 is 1.65 bits per heavy atom. The summed E-state index contributed by atoms with van der Waals surface area (Å²) in [5.74, 6) is 1.66. The molecule has 0 bridgehead atoms. The third-order valence-electron chi connectivity index (χ3n) is 7.15. The van der Waals surface area contributed by atoms with E-state index in [4.69, 9.17) is 26.4 Å². The first-order chi connectivity index (χ1) is 19.3. The summed E-state index contributed by atoms with van der Waals surface area (Å²) >= 11 is 5.89. The number of hydrogen-bond donors (Lipinski definition) is 1. The summed E-state index contributed by atoms with van der Waals surface area (Å²) in [6.07, 6.45) is 1.75. The molecule has 5 rings (SSSR count). The lowest BCUT2D eigenvalue weighted by Crippen LogP contribution is -2.30. The number of anilines is 1. The second-order valence-corrected chi connectivity index (χ2v) is 9.69. The molecule has 10 nitrogen and oxygen atoms in total. The normalized spacial score (nSPS) is 16.5. The molecule has 0 spiro atoms. The predicted molar refractivity (Wildman–Crippen MR) is 156 cm³/mol. The maximum atomic E-state index is 12.1. The molecule has 40 heavy (non-hydrogen) atoms. The quantitative estimate of drug-likeness (QED) is 0.168. The Morgan fingerprint density at radius 3 is 2.27 bits per heavy atom. The van der Waals surface area contributed by atoms with Crippen LogP contribution in [0.15, 0.2) is 66.9 Å². The van der Waals surface area contributed by atoms with Crippen LogP contribution in [-0.2, 0) is 0 Å². The van der Waals surface area contributed by atoms with E-state index in [1.807, 2.05) is 65.8 Å². The molecular formula is C29H29N5O5S. The molecule has 0 radical (unpaired) electrons. The van der Waals surface area contributed by atoms with Gasteiger partial charge in [0.2, 0.25) is 0 Å². The molecular weight excluding hydrogens is 530 g/mol. The SMILES string of the molecule is COc1ccc(N2C(=S)N[C@H](c3ccccn3)[C@@H]2c2cc(C)n(-c3ccc(OC)cc3[N+](=O)[O-])c2C)c(OC)c1. The Labute approximate surface area is 237 Å². The van der Waals surface area contributed by atoms with E-state index in [9.17, 15) is 10.1 Å². The van der Waals surface area contributed by atoms with Gasteiger partial charge in [0.25, 0.3) is 5.69 Å². The van der Waals surface area contributed by atoms with E-state index in [1.54, 1.807) is 32.5 Å². The van der Waals surface area contributed by atoms with Crippen molar-refractivity contribution in [1.29, 1.82) is 0 Å². The Balaban J connectivity index is 1.72. The van der Waals surface area contributed by atoms with Gasteiger partial charge in [0.1, 0.15) is 22.9 Å². The van der Waals surface area contributed by atoms with Gasteiger partial charge in [-0.2, -0.15) is 0 Å². The molecule has 0 aliphatic carbocycles. The lowest BCUT2D eigenvalue weighted by Gasteiger charge is -2.29. The zero-order chi connectivity index (χ0) is 28.6. The third-order valence-corrected chi connectivity index (χ3v) is 7.47. The average molecular weight is 560 g/mol. The highest BCUT2D eigenvalue weighted by atomic mass is 32.1.